The van der Waals surface area contributed by atoms with Crippen molar-refractivity contribution in [2.24, 2.45) is 0 Å². The lowest BCUT2D eigenvalue weighted by molar-refractivity contribution is 0.102. The summed E-state index contributed by atoms with van der Waals surface area (Å²) in [5, 5.41) is 6.83. The highest BCUT2D eigenvalue weighted by Gasteiger charge is 2.13. The molecule has 1 N–H and O–H groups in total. The summed E-state index contributed by atoms with van der Waals surface area (Å²) < 4.78 is 19.7. The van der Waals surface area contributed by atoms with E-state index < -0.39 is 11.7 Å². The summed E-state index contributed by atoms with van der Waals surface area (Å²) in [6.45, 7) is 1.96. The van der Waals surface area contributed by atoms with Crippen molar-refractivity contribution in [1.29, 1.82) is 0 Å². The monoisotopic (exact) mass is 326 g/mol. The van der Waals surface area contributed by atoms with Gasteiger partial charge in [0, 0.05) is 6.20 Å². The minimum Gasteiger partial charge on any atom is -0.494 e. The van der Waals surface area contributed by atoms with Crippen LogP contribution in [0.2, 0.25) is 0 Å². The predicted molar refractivity (Wildman–Crippen MR) is 87.0 cm³/mol. The number of hydrogen-bond acceptors (Lipinski definition) is 4. The molecule has 0 spiro atoms. The second-order valence-corrected chi connectivity index (χ2v) is 5.14. The third-order valence-electron chi connectivity index (χ3n) is 3.37. The van der Waals surface area contributed by atoms with Gasteiger partial charge >= 0.3 is 0 Å². The van der Waals surface area contributed by atoms with Crippen molar-refractivity contribution in [3.8, 4) is 11.4 Å². The lowest BCUT2D eigenvalue weighted by atomic mass is 10.2. The van der Waals surface area contributed by atoms with Gasteiger partial charge in [-0.15, -0.1) is 0 Å². The Bertz CT molecular complexity index is 875. The van der Waals surface area contributed by atoms with E-state index in [1.165, 1.54) is 12.1 Å². The quantitative estimate of drug-likeness (QED) is 0.800. The highest BCUT2D eigenvalue weighted by Crippen LogP contribution is 2.23. The third kappa shape index (κ3) is 3.24. The zero-order valence-electron chi connectivity index (χ0n) is 13.2. The molecule has 1 aromatic carbocycles. The maximum absolute atomic E-state index is 12.8. The molecule has 0 unspecified atom stereocenters. The number of halogens is 1. The largest absolute Gasteiger partial charge is 0.494 e. The van der Waals surface area contributed by atoms with Crippen LogP contribution in [0.5, 0.6) is 5.75 Å². The van der Waals surface area contributed by atoms with Crippen molar-refractivity contribution in [1.82, 2.24) is 14.8 Å². The van der Waals surface area contributed by atoms with Crippen molar-refractivity contribution in [2.75, 3.05) is 12.4 Å². The van der Waals surface area contributed by atoms with Gasteiger partial charge in [0.15, 0.2) is 5.69 Å². The van der Waals surface area contributed by atoms with Crippen molar-refractivity contribution >= 4 is 11.7 Å². The van der Waals surface area contributed by atoms with Gasteiger partial charge in [-0.05, 0) is 42.8 Å². The Morgan fingerprint density at radius 2 is 2.08 bits per heavy atom. The zero-order chi connectivity index (χ0) is 17.1. The maximum Gasteiger partial charge on any atom is 0.277 e. The van der Waals surface area contributed by atoms with E-state index in [1.54, 1.807) is 24.1 Å². The minimum atomic E-state index is -0.469. The Balaban J connectivity index is 1.84. The zero-order valence-corrected chi connectivity index (χ0v) is 13.2. The molecule has 2 heterocycles. The first-order valence-electron chi connectivity index (χ1n) is 7.20. The molecule has 0 fully saturated rings. The number of methoxy groups -OCH3 is 1. The predicted octanol–water partition coefficient (Wildman–Crippen LogP) is 2.98. The number of nitrogens with one attached hydrogen (secondary N) is 1. The van der Waals surface area contributed by atoms with E-state index >= 15 is 0 Å². The summed E-state index contributed by atoms with van der Waals surface area (Å²) in [7, 11) is 1.57. The summed E-state index contributed by atoms with van der Waals surface area (Å²) in [5.41, 5.74) is 1.99. The molecule has 0 aliphatic carbocycles. The Hall–Kier alpha value is -3.22. The second-order valence-electron chi connectivity index (χ2n) is 5.14. The highest BCUT2D eigenvalue weighted by molar-refractivity contribution is 6.02. The first-order chi connectivity index (χ1) is 11.6. The Labute approximate surface area is 137 Å². The van der Waals surface area contributed by atoms with Crippen molar-refractivity contribution in [3.63, 3.8) is 0 Å². The molecule has 3 rings (SSSR count). The SMILES string of the molecule is COc1ccc(C)cc1-n1ccc(C(=O)Nc2ccc(F)cn2)n1. The average Bonchev–Trinajstić information content (AvgIpc) is 3.07. The number of nitrogens with zero attached hydrogens (tertiary/aromatic N) is 3. The molecule has 2 aromatic heterocycles. The normalized spacial score (nSPS) is 10.5. The van der Waals surface area contributed by atoms with Gasteiger partial charge in [0.2, 0.25) is 0 Å². The fraction of sp³-hybridized carbons (Fsp3) is 0.118. The van der Waals surface area contributed by atoms with Crippen molar-refractivity contribution in [3.05, 3.63) is 65.9 Å². The van der Waals surface area contributed by atoms with Crippen LogP contribution in [0.4, 0.5) is 10.2 Å². The Morgan fingerprint density at radius 3 is 2.79 bits per heavy atom. The van der Waals surface area contributed by atoms with Gasteiger partial charge < -0.3 is 10.1 Å². The fourth-order valence-corrected chi connectivity index (χ4v) is 2.19. The van der Waals surface area contributed by atoms with Gasteiger partial charge in [-0.25, -0.2) is 14.1 Å². The summed E-state index contributed by atoms with van der Waals surface area (Å²) in [6, 6.07) is 9.87. The van der Waals surface area contributed by atoms with E-state index in [2.05, 4.69) is 15.4 Å². The number of ether oxygens (including phenoxy) is 1. The van der Waals surface area contributed by atoms with Crippen LogP contribution in [0.15, 0.2) is 48.8 Å². The van der Waals surface area contributed by atoms with Gasteiger partial charge in [-0.2, -0.15) is 5.10 Å². The van der Waals surface area contributed by atoms with Gasteiger partial charge in [0.05, 0.1) is 13.3 Å². The summed E-state index contributed by atoms with van der Waals surface area (Å²) >= 11 is 0. The molecule has 7 heteroatoms. The number of anilines is 1. The van der Waals surface area contributed by atoms with Crippen LogP contribution >= 0.6 is 0 Å². The van der Waals surface area contributed by atoms with Crippen LogP contribution in [0.3, 0.4) is 0 Å². The van der Waals surface area contributed by atoms with E-state index in [-0.39, 0.29) is 11.5 Å². The topological polar surface area (TPSA) is 69.0 Å². The standard InChI is InChI=1S/C17H15FN4O2/c1-11-3-5-15(24-2)14(9-11)22-8-7-13(21-22)17(23)20-16-6-4-12(18)10-19-16/h3-10H,1-2H3,(H,19,20,23). The molecule has 1 amide bonds. The van der Waals surface area contributed by atoms with Gasteiger partial charge in [0.1, 0.15) is 23.1 Å². The number of aryl methyl sites for hydroxylation is 1. The number of aromatic nitrogens is 3. The number of pyridine rings is 1. The molecular weight excluding hydrogens is 311 g/mol. The molecule has 24 heavy (non-hydrogen) atoms. The number of carbonyl (C=O) groups is 1. The van der Waals surface area contributed by atoms with Crippen molar-refractivity contribution < 1.29 is 13.9 Å². The molecule has 0 bridgehead atoms. The summed E-state index contributed by atoms with van der Waals surface area (Å²) in [6.07, 6.45) is 2.70. The molecule has 0 saturated carbocycles. The Morgan fingerprint density at radius 1 is 1.25 bits per heavy atom. The van der Waals surface area contributed by atoms with Gasteiger partial charge in [-0.1, -0.05) is 6.07 Å². The number of rotatable bonds is 4. The summed E-state index contributed by atoms with van der Waals surface area (Å²) in [5.74, 6) is 0.00300. The average molecular weight is 326 g/mol. The van der Waals surface area contributed by atoms with E-state index in [9.17, 15) is 9.18 Å². The van der Waals surface area contributed by atoms with Gasteiger partial charge in [0.25, 0.3) is 5.91 Å². The molecule has 0 aliphatic rings. The molecule has 0 aliphatic heterocycles. The van der Waals surface area contributed by atoms with E-state index in [0.717, 1.165) is 17.4 Å². The fourth-order valence-electron chi connectivity index (χ4n) is 2.19. The lowest BCUT2D eigenvalue weighted by Crippen LogP contribution is -2.14. The minimum absolute atomic E-state index is 0.213. The van der Waals surface area contributed by atoms with Crippen LogP contribution in [-0.2, 0) is 0 Å². The molecule has 122 valence electrons. The smallest absolute Gasteiger partial charge is 0.277 e. The van der Waals surface area contributed by atoms with E-state index in [0.29, 0.717) is 5.75 Å². The third-order valence-corrected chi connectivity index (χ3v) is 3.37. The van der Waals surface area contributed by atoms with Crippen LogP contribution in [0.25, 0.3) is 5.69 Å². The van der Waals surface area contributed by atoms with Crippen LogP contribution in [-0.4, -0.2) is 27.8 Å². The first kappa shape index (κ1) is 15.7. The maximum atomic E-state index is 12.8. The Kier molecular flexibility index (Phi) is 4.24. The van der Waals surface area contributed by atoms with Crippen molar-refractivity contribution in [2.45, 2.75) is 6.92 Å². The van der Waals surface area contributed by atoms with Crippen LogP contribution in [0.1, 0.15) is 16.1 Å². The number of carbonyl (C=O) groups excluding carboxylic acids is 1. The number of benzene rings is 1. The summed E-state index contributed by atoms with van der Waals surface area (Å²) in [4.78, 5) is 16.0. The molecule has 3 aromatic rings. The molecule has 0 radical (unpaired) electrons. The highest BCUT2D eigenvalue weighted by atomic mass is 19.1. The first-order valence-corrected chi connectivity index (χ1v) is 7.20. The van der Waals surface area contributed by atoms with E-state index in [4.69, 9.17) is 4.74 Å². The molecule has 6 nitrogen and oxygen atoms in total. The number of amides is 1. The van der Waals surface area contributed by atoms with Crippen LogP contribution in [0, 0.1) is 12.7 Å². The van der Waals surface area contributed by atoms with Gasteiger partial charge in [-0.3, -0.25) is 4.79 Å². The molecule has 0 atom stereocenters. The molecular formula is C17H15FN4O2. The lowest BCUT2D eigenvalue weighted by Gasteiger charge is -2.09. The van der Waals surface area contributed by atoms with E-state index in [1.807, 2.05) is 25.1 Å². The number of hydrogen-bond donors (Lipinski definition) is 1. The molecule has 0 saturated heterocycles. The second kappa shape index (κ2) is 6.49. The van der Waals surface area contributed by atoms with Crippen LogP contribution < -0.4 is 10.1 Å².